The third-order valence-corrected chi connectivity index (χ3v) is 3.68. The average molecular weight is 307 g/mol. The first-order valence-corrected chi connectivity index (χ1v) is 6.82. The van der Waals surface area contributed by atoms with Gasteiger partial charge in [-0.25, -0.2) is 14.4 Å². The first-order chi connectivity index (χ1) is 11.1. The number of aromatic nitrogens is 4. The van der Waals surface area contributed by atoms with Gasteiger partial charge in [-0.05, 0) is 6.07 Å². The van der Waals surface area contributed by atoms with E-state index in [9.17, 15) is 9.60 Å². The number of benzene rings is 1. The Morgan fingerprint density at radius 2 is 1.87 bits per heavy atom. The van der Waals surface area contributed by atoms with Gasteiger partial charge in [0, 0.05) is 17.0 Å². The molecule has 6 nitrogen and oxygen atoms in total. The summed E-state index contributed by atoms with van der Waals surface area (Å²) < 4.78 is 15.5. The van der Waals surface area contributed by atoms with Gasteiger partial charge in [0.15, 0.2) is 18.2 Å². The zero-order chi connectivity index (χ0) is 16.0. The van der Waals surface area contributed by atoms with Crippen LogP contribution >= 0.6 is 0 Å². The van der Waals surface area contributed by atoms with Crippen molar-refractivity contribution >= 4 is 27.5 Å². The van der Waals surface area contributed by atoms with Gasteiger partial charge < -0.3 is 10.9 Å². The summed E-state index contributed by atoms with van der Waals surface area (Å²) in [4.78, 5) is 11.9. The number of rotatable bonds is 1. The highest BCUT2D eigenvalue weighted by Gasteiger charge is 2.18. The molecule has 0 saturated heterocycles. The van der Waals surface area contributed by atoms with E-state index in [1.165, 1.54) is 24.9 Å². The van der Waals surface area contributed by atoms with Crippen LogP contribution in [0.2, 0.25) is 0 Å². The van der Waals surface area contributed by atoms with E-state index in [1.54, 1.807) is 6.07 Å². The maximum atomic E-state index is 14.9. The molecular formula is C16H10FN5O. The lowest BCUT2D eigenvalue weighted by Crippen LogP contribution is -2.24. The fourth-order valence-electron chi connectivity index (χ4n) is 2.61. The van der Waals surface area contributed by atoms with Crippen molar-refractivity contribution in [1.82, 2.24) is 15.0 Å². The van der Waals surface area contributed by atoms with Crippen molar-refractivity contribution in [3.63, 3.8) is 0 Å². The van der Waals surface area contributed by atoms with Gasteiger partial charge in [0.05, 0.1) is 10.9 Å². The van der Waals surface area contributed by atoms with Gasteiger partial charge >= 0.3 is 0 Å². The Hall–Kier alpha value is -3.35. The Balaban J connectivity index is 2.09. The lowest BCUT2D eigenvalue weighted by molar-refractivity contribution is -0.603. The van der Waals surface area contributed by atoms with E-state index in [0.29, 0.717) is 21.1 Å². The maximum absolute atomic E-state index is 14.9. The van der Waals surface area contributed by atoms with Crippen molar-refractivity contribution in [1.29, 1.82) is 0 Å². The zero-order valence-corrected chi connectivity index (χ0v) is 11.8. The molecule has 0 radical (unpaired) electrons. The summed E-state index contributed by atoms with van der Waals surface area (Å²) in [5.41, 5.74) is 6.24. The summed E-state index contributed by atoms with van der Waals surface area (Å²) in [5.74, 6) is -0.474. The number of halogens is 1. The summed E-state index contributed by atoms with van der Waals surface area (Å²) in [5, 5.41) is 13.6. The van der Waals surface area contributed by atoms with Crippen molar-refractivity contribution in [2.24, 2.45) is 0 Å². The summed E-state index contributed by atoms with van der Waals surface area (Å²) in [6.45, 7) is 0. The molecule has 0 spiro atoms. The number of hydrogen-bond acceptors (Lipinski definition) is 5. The monoisotopic (exact) mass is 307 g/mol. The predicted molar refractivity (Wildman–Crippen MR) is 83.6 cm³/mol. The van der Waals surface area contributed by atoms with Gasteiger partial charge in [-0.2, -0.15) is 4.73 Å². The highest BCUT2D eigenvalue weighted by Crippen LogP contribution is 2.30. The van der Waals surface area contributed by atoms with Crippen LogP contribution in [0, 0.1) is 11.0 Å². The van der Waals surface area contributed by atoms with Crippen molar-refractivity contribution < 1.29 is 9.12 Å². The van der Waals surface area contributed by atoms with Crippen molar-refractivity contribution in [2.45, 2.75) is 0 Å². The molecule has 3 heterocycles. The van der Waals surface area contributed by atoms with Crippen LogP contribution in [0.25, 0.3) is 32.9 Å². The molecule has 4 rings (SSSR count). The van der Waals surface area contributed by atoms with Gasteiger partial charge in [-0.15, -0.1) is 0 Å². The average Bonchev–Trinajstić information content (AvgIpc) is 2.55. The molecule has 0 aliphatic carbocycles. The van der Waals surface area contributed by atoms with Crippen molar-refractivity contribution in [3.05, 3.63) is 60.2 Å². The Labute approximate surface area is 129 Å². The Morgan fingerprint density at radius 1 is 1.04 bits per heavy atom. The van der Waals surface area contributed by atoms with E-state index >= 15 is 0 Å². The molecule has 0 aliphatic rings. The quantitative estimate of drug-likeness (QED) is 0.430. The minimum absolute atomic E-state index is 0.0528. The fourth-order valence-corrected chi connectivity index (χ4v) is 2.61. The zero-order valence-electron chi connectivity index (χ0n) is 11.8. The lowest BCUT2D eigenvalue weighted by atomic mass is 10.0. The molecular weight excluding hydrogens is 297 g/mol. The molecule has 112 valence electrons. The Bertz CT molecular complexity index is 1070. The number of pyridine rings is 2. The van der Waals surface area contributed by atoms with E-state index in [0.717, 1.165) is 5.39 Å². The fraction of sp³-hybridized carbons (Fsp3) is 0. The van der Waals surface area contributed by atoms with Gasteiger partial charge in [0.1, 0.15) is 23.4 Å². The topological polar surface area (TPSA) is 91.6 Å². The van der Waals surface area contributed by atoms with E-state index in [1.807, 2.05) is 18.2 Å². The number of fused-ring (bicyclic) bond motifs is 2. The second-order valence-corrected chi connectivity index (χ2v) is 5.06. The van der Waals surface area contributed by atoms with E-state index in [-0.39, 0.29) is 17.0 Å². The second-order valence-electron chi connectivity index (χ2n) is 5.06. The molecule has 0 unspecified atom stereocenters. The van der Waals surface area contributed by atoms with Crippen LogP contribution in [0.15, 0.2) is 49.2 Å². The predicted octanol–water partition coefficient (Wildman–Crippen LogP) is 2.20. The smallest absolute Gasteiger partial charge is 0.190 e. The Kier molecular flexibility index (Phi) is 2.80. The van der Waals surface area contributed by atoms with Gasteiger partial charge in [0.25, 0.3) is 0 Å². The van der Waals surface area contributed by atoms with Crippen LogP contribution in [0.4, 0.5) is 10.2 Å². The summed E-state index contributed by atoms with van der Waals surface area (Å²) in [6, 6.07) is 7.22. The molecule has 3 aromatic heterocycles. The van der Waals surface area contributed by atoms with E-state index < -0.39 is 5.82 Å². The number of nitrogens with zero attached hydrogens (tertiary/aromatic N) is 4. The molecule has 0 bridgehead atoms. The largest absolute Gasteiger partial charge is 0.619 e. The van der Waals surface area contributed by atoms with Crippen LogP contribution in [0.3, 0.4) is 0 Å². The van der Waals surface area contributed by atoms with Crippen molar-refractivity contribution in [2.75, 3.05) is 5.73 Å². The third-order valence-electron chi connectivity index (χ3n) is 3.68. The highest BCUT2D eigenvalue weighted by atomic mass is 19.1. The number of hydrogen-bond donors (Lipinski definition) is 1. The summed E-state index contributed by atoms with van der Waals surface area (Å²) in [6.07, 6.45) is 5.34. The van der Waals surface area contributed by atoms with Crippen LogP contribution in [-0.4, -0.2) is 15.0 Å². The normalized spacial score (nSPS) is 11.2. The molecule has 0 atom stereocenters. The first-order valence-electron chi connectivity index (χ1n) is 6.82. The lowest BCUT2D eigenvalue weighted by Gasteiger charge is -2.09. The molecule has 4 aromatic rings. The molecule has 23 heavy (non-hydrogen) atoms. The van der Waals surface area contributed by atoms with Gasteiger partial charge in [0.2, 0.25) is 0 Å². The molecule has 1 aromatic carbocycles. The minimum atomic E-state index is -0.632. The molecule has 2 N–H and O–H groups in total. The van der Waals surface area contributed by atoms with Gasteiger partial charge in [-0.3, -0.25) is 4.98 Å². The first kappa shape index (κ1) is 13.3. The third kappa shape index (κ3) is 2.02. The highest BCUT2D eigenvalue weighted by molar-refractivity contribution is 5.97. The molecule has 7 heteroatoms. The minimum Gasteiger partial charge on any atom is -0.619 e. The van der Waals surface area contributed by atoms with E-state index in [4.69, 9.17) is 5.73 Å². The van der Waals surface area contributed by atoms with Crippen molar-refractivity contribution in [3.8, 4) is 11.3 Å². The van der Waals surface area contributed by atoms with Crippen LogP contribution in [0.1, 0.15) is 0 Å². The van der Waals surface area contributed by atoms with E-state index in [2.05, 4.69) is 15.0 Å². The SMILES string of the molecule is Nc1ncnc2c(F)c(-c3c[n+]([O-])cc4ccccc34)ncc12. The van der Waals surface area contributed by atoms with Gasteiger partial charge in [-0.1, -0.05) is 18.2 Å². The number of nitrogens with two attached hydrogens (primary N) is 1. The Morgan fingerprint density at radius 3 is 2.74 bits per heavy atom. The number of nitrogen functional groups attached to an aromatic ring is 1. The maximum Gasteiger partial charge on any atom is 0.190 e. The standard InChI is InChI=1S/C16H10FN5O/c17-13-14-11(16(18)21-8-20-14)5-19-15(13)12-7-22(23)6-9-3-1-2-4-10(9)12/h1-8H,(H2,18,20,21). The summed E-state index contributed by atoms with van der Waals surface area (Å²) >= 11 is 0. The molecule has 0 aliphatic heterocycles. The summed E-state index contributed by atoms with van der Waals surface area (Å²) in [7, 11) is 0. The molecule has 0 amide bonds. The molecule has 0 fully saturated rings. The molecule has 0 saturated carbocycles. The van der Waals surface area contributed by atoms with Crippen LogP contribution in [0.5, 0.6) is 0 Å². The van der Waals surface area contributed by atoms with Crippen LogP contribution in [-0.2, 0) is 0 Å². The van der Waals surface area contributed by atoms with Crippen LogP contribution < -0.4 is 10.5 Å². The second kappa shape index (κ2) is 4.84. The number of anilines is 1.